The molecule has 0 unspecified atom stereocenters. The highest BCUT2D eigenvalue weighted by atomic mass is 16.2. The van der Waals surface area contributed by atoms with Crippen LogP contribution in [0.5, 0.6) is 0 Å². The van der Waals surface area contributed by atoms with Crippen molar-refractivity contribution in [2.24, 2.45) is 0 Å². The molecule has 0 radical (unpaired) electrons. The van der Waals surface area contributed by atoms with E-state index >= 15 is 0 Å². The second kappa shape index (κ2) is 8.87. The van der Waals surface area contributed by atoms with Crippen molar-refractivity contribution in [3.05, 3.63) is 65.7 Å². The summed E-state index contributed by atoms with van der Waals surface area (Å²) in [6, 6.07) is 17.5. The van der Waals surface area contributed by atoms with Crippen molar-refractivity contribution in [1.29, 1.82) is 0 Å². The number of carbonyl (C=O) groups is 2. The van der Waals surface area contributed by atoms with E-state index in [1.807, 2.05) is 54.6 Å². The van der Waals surface area contributed by atoms with E-state index in [4.69, 9.17) is 0 Å². The van der Waals surface area contributed by atoms with Gasteiger partial charge in [0.05, 0.1) is 6.42 Å². The number of carbonyl (C=O) groups excluding carboxylic acids is 2. The van der Waals surface area contributed by atoms with E-state index in [-0.39, 0.29) is 11.8 Å². The van der Waals surface area contributed by atoms with Crippen molar-refractivity contribution in [3.8, 4) is 0 Å². The third-order valence-electron chi connectivity index (χ3n) is 3.91. The quantitative estimate of drug-likeness (QED) is 0.851. The van der Waals surface area contributed by atoms with Gasteiger partial charge in [0.15, 0.2) is 0 Å². The normalized spacial score (nSPS) is 10.2. The molecule has 4 heteroatoms. The van der Waals surface area contributed by atoms with Crippen LogP contribution >= 0.6 is 0 Å². The van der Waals surface area contributed by atoms with Gasteiger partial charge in [0.2, 0.25) is 11.8 Å². The lowest BCUT2D eigenvalue weighted by Gasteiger charge is -2.24. The van der Waals surface area contributed by atoms with Gasteiger partial charge in [-0.3, -0.25) is 9.59 Å². The summed E-state index contributed by atoms with van der Waals surface area (Å²) < 4.78 is 0. The van der Waals surface area contributed by atoms with Gasteiger partial charge in [0.25, 0.3) is 0 Å². The van der Waals surface area contributed by atoms with Crippen molar-refractivity contribution in [2.45, 2.75) is 26.7 Å². The standard InChI is InChI=1S/C20H24N2O2/c1-3-18-11-7-8-12-19(18)22(16(2)23)14-13-21-20(24)15-17-9-5-4-6-10-17/h4-12H,3,13-15H2,1-2H3,(H,21,24). The SMILES string of the molecule is CCc1ccccc1N(CCNC(=O)Cc1ccccc1)C(C)=O. The van der Waals surface area contributed by atoms with Gasteiger partial charge in [-0.2, -0.15) is 0 Å². The first-order chi connectivity index (χ1) is 11.6. The fraction of sp³-hybridized carbons (Fsp3) is 0.300. The van der Waals surface area contributed by atoms with E-state index in [1.54, 1.807) is 11.8 Å². The maximum Gasteiger partial charge on any atom is 0.224 e. The Balaban J connectivity index is 1.92. The van der Waals surface area contributed by atoms with E-state index in [2.05, 4.69) is 12.2 Å². The van der Waals surface area contributed by atoms with Gasteiger partial charge in [0.1, 0.15) is 0 Å². The van der Waals surface area contributed by atoms with Crippen LogP contribution in [0.4, 0.5) is 5.69 Å². The molecule has 0 bridgehead atoms. The fourth-order valence-electron chi connectivity index (χ4n) is 2.67. The van der Waals surface area contributed by atoms with E-state index in [1.165, 1.54) is 0 Å². The van der Waals surface area contributed by atoms with Gasteiger partial charge in [-0.15, -0.1) is 0 Å². The Bertz CT molecular complexity index is 683. The lowest BCUT2D eigenvalue weighted by Crippen LogP contribution is -2.38. The van der Waals surface area contributed by atoms with Crippen LogP contribution in [0.25, 0.3) is 0 Å². The van der Waals surface area contributed by atoms with Crippen LogP contribution in [-0.4, -0.2) is 24.9 Å². The molecule has 0 heterocycles. The topological polar surface area (TPSA) is 49.4 Å². The summed E-state index contributed by atoms with van der Waals surface area (Å²) in [5.41, 5.74) is 3.03. The maximum absolute atomic E-state index is 12.0. The van der Waals surface area contributed by atoms with E-state index in [9.17, 15) is 9.59 Å². The Morgan fingerprint density at radius 3 is 2.33 bits per heavy atom. The molecule has 0 aromatic heterocycles. The van der Waals surface area contributed by atoms with Crippen molar-refractivity contribution >= 4 is 17.5 Å². The van der Waals surface area contributed by atoms with Crippen LogP contribution in [0.3, 0.4) is 0 Å². The molecule has 0 atom stereocenters. The lowest BCUT2D eigenvalue weighted by molar-refractivity contribution is -0.121. The van der Waals surface area contributed by atoms with Crippen molar-refractivity contribution in [2.75, 3.05) is 18.0 Å². The van der Waals surface area contributed by atoms with E-state index in [0.29, 0.717) is 19.5 Å². The molecule has 0 aliphatic heterocycles. The highest BCUT2D eigenvalue weighted by molar-refractivity contribution is 5.92. The molecule has 126 valence electrons. The number of hydrogen-bond donors (Lipinski definition) is 1. The monoisotopic (exact) mass is 324 g/mol. The molecule has 2 amide bonds. The summed E-state index contributed by atoms with van der Waals surface area (Å²) >= 11 is 0. The smallest absolute Gasteiger partial charge is 0.224 e. The molecule has 0 spiro atoms. The molecule has 2 rings (SSSR count). The number of para-hydroxylation sites is 1. The Hall–Kier alpha value is -2.62. The molecule has 0 saturated heterocycles. The molecule has 1 N–H and O–H groups in total. The first-order valence-electron chi connectivity index (χ1n) is 8.28. The van der Waals surface area contributed by atoms with Gasteiger partial charge < -0.3 is 10.2 Å². The van der Waals surface area contributed by atoms with Gasteiger partial charge in [-0.25, -0.2) is 0 Å². The third kappa shape index (κ3) is 4.95. The van der Waals surface area contributed by atoms with Gasteiger partial charge in [-0.05, 0) is 23.6 Å². The Kier molecular flexibility index (Phi) is 6.55. The number of nitrogens with zero attached hydrogens (tertiary/aromatic N) is 1. The average molecular weight is 324 g/mol. The Morgan fingerprint density at radius 1 is 1.00 bits per heavy atom. The molecular formula is C20H24N2O2. The molecular weight excluding hydrogens is 300 g/mol. The zero-order chi connectivity index (χ0) is 17.4. The average Bonchev–Trinajstić information content (AvgIpc) is 2.59. The largest absolute Gasteiger partial charge is 0.354 e. The third-order valence-corrected chi connectivity index (χ3v) is 3.91. The number of rotatable bonds is 7. The number of nitrogens with one attached hydrogen (secondary N) is 1. The molecule has 0 saturated carbocycles. The van der Waals surface area contributed by atoms with Crippen LogP contribution in [0.1, 0.15) is 25.0 Å². The summed E-state index contributed by atoms with van der Waals surface area (Å²) in [4.78, 5) is 25.7. The fourth-order valence-corrected chi connectivity index (χ4v) is 2.67. The maximum atomic E-state index is 12.0. The summed E-state index contributed by atoms with van der Waals surface area (Å²) in [7, 11) is 0. The molecule has 0 fully saturated rings. The molecule has 24 heavy (non-hydrogen) atoms. The van der Waals surface area contributed by atoms with Gasteiger partial charge in [-0.1, -0.05) is 55.5 Å². The van der Waals surface area contributed by atoms with Gasteiger partial charge in [0, 0.05) is 25.7 Å². The Labute approximate surface area is 143 Å². The number of anilines is 1. The molecule has 0 aliphatic rings. The first kappa shape index (κ1) is 17.7. The van der Waals surface area contributed by atoms with Crippen LogP contribution < -0.4 is 10.2 Å². The predicted octanol–water partition coefficient (Wildman–Crippen LogP) is 2.96. The zero-order valence-corrected chi connectivity index (χ0v) is 14.3. The van der Waals surface area contributed by atoms with Gasteiger partial charge >= 0.3 is 0 Å². The van der Waals surface area contributed by atoms with Crippen LogP contribution in [-0.2, 0) is 22.4 Å². The molecule has 2 aromatic carbocycles. The Morgan fingerprint density at radius 2 is 1.67 bits per heavy atom. The minimum absolute atomic E-state index is 0.0202. The van der Waals surface area contributed by atoms with E-state index in [0.717, 1.165) is 23.2 Å². The summed E-state index contributed by atoms with van der Waals surface area (Å²) in [5, 5.41) is 2.89. The summed E-state index contributed by atoms with van der Waals surface area (Å²) in [6.45, 7) is 4.52. The molecule has 0 aliphatic carbocycles. The van der Waals surface area contributed by atoms with Crippen molar-refractivity contribution < 1.29 is 9.59 Å². The number of hydrogen-bond acceptors (Lipinski definition) is 2. The second-order valence-electron chi connectivity index (χ2n) is 5.67. The van der Waals surface area contributed by atoms with Crippen molar-refractivity contribution in [1.82, 2.24) is 5.32 Å². The lowest BCUT2D eigenvalue weighted by atomic mass is 10.1. The van der Waals surface area contributed by atoms with Crippen LogP contribution in [0.2, 0.25) is 0 Å². The van der Waals surface area contributed by atoms with E-state index < -0.39 is 0 Å². The number of amides is 2. The minimum atomic E-state index is -0.0338. The summed E-state index contributed by atoms with van der Waals surface area (Å²) in [6.07, 6.45) is 1.22. The summed E-state index contributed by atoms with van der Waals surface area (Å²) in [5.74, 6) is -0.0540. The highest BCUT2D eigenvalue weighted by Crippen LogP contribution is 2.20. The highest BCUT2D eigenvalue weighted by Gasteiger charge is 2.14. The second-order valence-corrected chi connectivity index (χ2v) is 5.67. The zero-order valence-electron chi connectivity index (χ0n) is 14.3. The van der Waals surface area contributed by atoms with Crippen molar-refractivity contribution in [3.63, 3.8) is 0 Å². The number of aryl methyl sites for hydroxylation is 1. The first-order valence-corrected chi connectivity index (χ1v) is 8.28. The molecule has 4 nitrogen and oxygen atoms in total. The number of benzene rings is 2. The molecule has 2 aromatic rings. The van der Waals surface area contributed by atoms with Crippen LogP contribution in [0, 0.1) is 0 Å². The predicted molar refractivity (Wildman–Crippen MR) is 97.0 cm³/mol. The minimum Gasteiger partial charge on any atom is -0.354 e. The van der Waals surface area contributed by atoms with Crippen LogP contribution in [0.15, 0.2) is 54.6 Å².